The molecule has 1 aliphatic heterocycles. The minimum absolute atomic E-state index is 0.106. The van der Waals surface area contributed by atoms with E-state index in [1.54, 1.807) is 24.4 Å². The summed E-state index contributed by atoms with van der Waals surface area (Å²) in [5.74, 6) is 1.26. The second-order valence-corrected chi connectivity index (χ2v) is 7.72. The van der Waals surface area contributed by atoms with E-state index in [4.69, 9.17) is 9.47 Å². The number of ether oxygens (including phenoxy) is 2. The fraction of sp³-hybridized carbons (Fsp3) is 0.364. The molecule has 32 heavy (non-hydrogen) atoms. The van der Waals surface area contributed by atoms with Crippen molar-refractivity contribution in [1.82, 2.24) is 19.4 Å². The number of aromatic nitrogens is 3. The highest BCUT2D eigenvalue weighted by molar-refractivity contribution is 5.96. The van der Waals surface area contributed by atoms with Crippen molar-refractivity contribution in [2.45, 2.75) is 12.6 Å². The Hall–Kier alpha value is -3.50. The molecule has 1 aromatic carbocycles. The highest BCUT2D eigenvalue weighted by atomic mass is 16.5. The molecule has 168 valence electrons. The number of amides is 1. The average Bonchev–Trinajstić information content (AvgIpc) is 3.28. The fourth-order valence-electron chi connectivity index (χ4n) is 3.65. The van der Waals surface area contributed by atoms with Crippen LogP contribution in [-0.4, -0.2) is 77.5 Å². The zero-order valence-corrected chi connectivity index (χ0v) is 18.3. The molecule has 3 heterocycles. The van der Waals surface area contributed by atoms with E-state index < -0.39 is 12.0 Å². The molecular weight excluding hydrogens is 412 g/mol. The van der Waals surface area contributed by atoms with Crippen molar-refractivity contribution in [2.75, 3.05) is 46.2 Å². The zero-order chi connectivity index (χ0) is 22.7. The number of aliphatic hydroxyl groups excluding tert-OH is 1. The van der Waals surface area contributed by atoms with Crippen LogP contribution in [0.2, 0.25) is 0 Å². The quantitative estimate of drug-likeness (QED) is 0.560. The second kappa shape index (κ2) is 9.33. The van der Waals surface area contributed by atoms with Gasteiger partial charge in [0, 0.05) is 37.4 Å². The first-order valence-corrected chi connectivity index (χ1v) is 10.3. The van der Waals surface area contributed by atoms with Crippen molar-refractivity contribution in [3.63, 3.8) is 0 Å². The Bertz CT molecular complexity index is 1190. The maximum atomic E-state index is 12.7. The lowest BCUT2D eigenvalue weighted by Crippen LogP contribution is -2.30. The number of likely N-dealkylation sites (N-methyl/N-ethyl adjacent to an activating group) is 1. The molecule has 1 aliphatic rings. The first kappa shape index (κ1) is 21.7. The highest BCUT2D eigenvalue weighted by Crippen LogP contribution is 2.37. The molecule has 0 spiro atoms. The minimum Gasteiger partial charge on any atom is -0.491 e. The van der Waals surface area contributed by atoms with Crippen LogP contribution in [0.1, 0.15) is 10.4 Å². The van der Waals surface area contributed by atoms with E-state index >= 15 is 0 Å². The Labute approximate surface area is 185 Å². The summed E-state index contributed by atoms with van der Waals surface area (Å²) in [5.41, 5.74) is 1.17. The molecule has 10 nitrogen and oxygen atoms in total. The van der Waals surface area contributed by atoms with Crippen molar-refractivity contribution in [3.8, 4) is 11.5 Å². The summed E-state index contributed by atoms with van der Waals surface area (Å²) in [5, 5.41) is 14.3. The SMILES string of the molecule is COc1c(OC[C@@H](O)CN(C)C)ccc2c3n(c(=NC(=O)c4cccnc4)nc12)CCN3. The number of nitrogens with one attached hydrogen (secondary N) is 1. The lowest BCUT2D eigenvalue weighted by Gasteiger charge is -2.18. The standard InChI is InChI=1S/C22H26N6O4/c1-27(2)12-15(29)13-32-17-7-6-16-18(19(17)31-3)25-22(28-10-9-24-20(16)28)26-21(30)14-5-4-8-23-11-14/h4-8,11,15,24,29H,9-10,12-13H2,1-3H3/t15-/m0/s1. The molecule has 0 radical (unpaired) electrons. The van der Waals surface area contributed by atoms with Crippen LogP contribution >= 0.6 is 0 Å². The van der Waals surface area contributed by atoms with Crippen molar-refractivity contribution < 1.29 is 19.4 Å². The van der Waals surface area contributed by atoms with Gasteiger partial charge in [0.15, 0.2) is 11.5 Å². The molecule has 0 aliphatic carbocycles. The first-order chi connectivity index (χ1) is 15.5. The molecule has 4 rings (SSSR count). The number of methoxy groups -OCH3 is 1. The van der Waals surface area contributed by atoms with Crippen molar-refractivity contribution in [2.24, 2.45) is 4.99 Å². The number of fused-ring (bicyclic) bond motifs is 3. The third-order valence-corrected chi connectivity index (χ3v) is 5.02. The molecule has 3 aromatic rings. The number of anilines is 1. The number of hydrogen-bond acceptors (Lipinski definition) is 8. The van der Waals surface area contributed by atoms with Gasteiger partial charge in [0.1, 0.15) is 24.0 Å². The Morgan fingerprint density at radius 1 is 1.38 bits per heavy atom. The summed E-state index contributed by atoms with van der Waals surface area (Å²) < 4.78 is 13.3. The monoisotopic (exact) mass is 438 g/mol. The van der Waals surface area contributed by atoms with Crippen LogP contribution in [-0.2, 0) is 6.54 Å². The van der Waals surface area contributed by atoms with Crippen LogP contribution in [0.25, 0.3) is 10.9 Å². The van der Waals surface area contributed by atoms with Gasteiger partial charge in [-0.1, -0.05) is 0 Å². The molecule has 2 aromatic heterocycles. The fourth-order valence-corrected chi connectivity index (χ4v) is 3.65. The number of rotatable bonds is 7. The van der Waals surface area contributed by atoms with Gasteiger partial charge >= 0.3 is 0 Å². The number of nitrogens with zero attached hydrogens (tertiary/aromatic N) is 5. The van der Waals surface area contributed by atoms with Crippen LogP contribution in [0.4, 0.5) is 5.82 Å². The second-order valence-electron chi connectivity index (χ2n) is 7.72. The predicted molar refractivity (Wildman–Crippen MR) is 119 cm³/mol. The molecule has 0 saturated carbocycles. The summed E-state index contributed by atoms with van der Waals surface area (Å²) in [6.07, 6.45) is 2.42. The Kier molecular flexibility index (Phi) is 6.33. The van der Waals surface area contributed by atoms with Gasteiger partial charge in [0.25, 0.3) is 5.91 Å². The number of benzene rings is 1. The minimum atomic E-state index is -0.654. The van der Waals surface area contributed by atoms with Gasteiger partial charge in [-0.15, -0.1) is 0 Å². The molecule has 1 amide bonds. The number of carbonyl (C=O) groups excluding carboxylic acids is 1. The molecule has 10 heteroatoms. The lowest BCUT2D eigenvalue weighted by atomic mass is 10.2. The third kappa shape index (κ3) is 4.41. The topological polar surface area (TPSA) is 114 Å². The maximum Gasteiger partial charge on any atom is 0.281 e. The summed E-state index contributed by atoms with van der Waals surface area (Å²) in [6.45, 7) is 1.91. The predicted octanol–water partition coefficient (Wildman–Crippen LogP) is 0.908. The van der Waals surface area contributed by atoms with Gasteiger partial charge in [-0.25, -0.2) is 4.98 Å². The molecular formula is C22H26N6O4. The number of carbonyl (C=O) groups is 1. The van der Waals surface area contributed by atoms with Crippen molar-refractivity contribution in [1.29, 1.82) is 0 Å². The van der Waals surface area contributed by atoms with E-state index in [2.05, 4.69) is 20.3 Å². The molecule has 2 N–H and O–H groups in total. The summed E-state index contributed by atoms with van der Waals surface area (Å²) in [6, 6.07) is 7.03. The van der Waals surface area contributed by atoms with Gasteiger partial charge < -0.3 is 24.8 Å². The summed E-state index contributed by atoms with van der Waals surface area (Å²) in [4.78, 5) is 27.4. The van der Waals surface area contributed by atoms with E-state index in [9.17, 15) is 9.90 Å². The molecule has 0 fully saturated rings. The first-order valence-electron chi connectivity index (χ1n) is 10.3. The zero-order valence-electron chi connectivity index (χ0n) is 18.3. The molecule has 1 atom stereocenters. The molecule has 0 unspecified atom stereocenters. The van der Waals surface area contributed by atoms with Crippen molar-refractivity contribution >= 4 is 22.6 Å². The number of pyridine rings is 1. The van der Waals surface area contributed by atoms with Gasteiger partial charge in [0.05, 0.1) is 12.7 Å². The van der Waals surface area contributed by atoms with E-state index in [1.807, 2.05) is 29.6 Å². The molecule has 0 saturated heterocycles. The van der Waals surface area contributed by atoms with Crippen LogP contribution in [0.3, 0.4) is 0 Å². The van der Waals surface area contributed by atoms with E-state index in [0.29, 0.717) is 42.2 Å². The highest BCUT2D eigenvalue weighted by Gasteiger charge is 2.21. The van der Waals surface area contributed by atoms with Crippen LogP contribution in [0.5, 0.6) is 11.5 Å². The van der Waals surface area contributed by atoms with Crippen LogP contribution < -0.4 is 20.4 Å². The van der Waals surface area contributed by atoms with E-state index in [0.717, 1.165) is 11.2 Å². The largest absolute Gasteiger partial charge is 0.491 e. The lowest BCUT2D eigenvalue weighted by molar-refractivity contribution is 0.0819. The summed E-state index contributed by atoms with van der Waals surface area (Å²) in [7, 11) is 5.30. The summed E-state index contributed by atoms with van der Waals surface area (Å²) >= 11 is 0. The Morgan fingerprint density at radius 3 is 2.94 bits per heavy atom. The molecule has 0 bridgehead atoms. The van der Waals surface area contributed by atoms with Crippen LogP contribution in [0, 0.1) is 0 Å². The van der Waals surface area contributed by atoms with E-state index in [-0.39, 0.29) is 12.2 Å². The maximum absolute atomic E-state index is 12.7. The van der Waals surface area contributed by atoms with Crippen molar-refractivity contribution in [3.05, 3.63) is 47.8 Å². The number of hydrogen-bond donors (Lipinski definition) is 2. The Balaban J connectivity index is 1.78. The smallest absolute Gasteiger partial charge is 0.281 e. The van der Waals surface area contributed by atoms with Gasteiger partial charge in [-0.05, 0) is 38.4 Å². The average molecular weight is 438 g/mol. The Morgan fingerprint density at radius 2 is 2.22 bits per heavy atom. The normalized spacial score (nSPS) is 14.3. The van der Waals surface area contributed by atoms with Gasteiger partial charge in [-0.3, -0.25) is 14.3 Å². The van der Waals surface area contributed by atoms with Crippen LogP contribution in [0.15, 0.2) is 41.7 Å². The van der Waals surface area contributed by atoms with Gasteiger partial charge in [0.2, 0.25) is 5.62 Å². The van der Waals surface area contributed by atoms with Gasteiger partial charge in [-0.2, -0.15) is 4.99 Å². The third-order valence-electron chi connectivity index (χ3n) is 5.02. The van der Waals surface area contributed by atoms with E-state index in [1.165, 1.54) is 13.3 Å². The number of aliphatic hydroxyl groups is 1.